The summed E-state index contributed by atoms with van der Waals surface area (Å²) in [5.74, 6) is -1.41. The SMILES string of the molecule is CC(C)(C)C(=O)OCCOC(=O)C(C)(C)CC(C)(C)C(=O)OCC(O)CN. The first kappa shape index (κ1) is 25.3. The van der Waals surface area contributed by atoms with Gasteiger partial charge in [-0.2, -0.15) is 0 Å². The minimum absolute atomic E-state index is 0.00862. The smallest absolute Gasteiger partial charge is 0.311 e. The maximum absolute atomic E-state index is 12.3. The number of rotatable bonds is 10. The van der Waals surface area contributed by atoms with Gasteiger partial charge in [-0.05, 0) is 54.9 Å². The summed E-state index contributed by atoms with van der Waals surface area (Å²) in [5.41, 5.74) is 2.74. The summed E-state index contributed by atoms with van der Waals surface area (Å²) in [6.07, 6.45) is -0.739. The molecule has 3 N–H and O–H groups in total. The zero-order valence-electron chi connectivity index (χ0n) is 17.6. The Labute approximate surface area is 161 Å². The van der Waals surface area contributed by atoms with E-state index in [2.05, 4.69) is 0 Å². The topological polar surface area (TPSA) is 125 Å². The molecular weight excluding hydrogens is 354 g/mol. The quantitative estimate of drug-likeness (QED) is 0.326. The van der Waals surface area contributed by atoms with Crippen molar-refractivity contribution in [1.29, 1.82) is 0 Å². The summed E-state index contributed by atoms with van der Waals surface area (Å²) in [7, 11) is 0. The van der Waals surface area contributed by atoms with Crippen molar-refractivity contribution in [3.63, 3.8) is 0 Å². The number of carbonyl (C=O) groups excluding carboxylic acids is 3. The fourth-order valence-electron chi connectivity index (χ4n) is 2.37. The van der Waals surface area contributed by atoms with Crippen molar-refractivity contribution >= 4 is 17.9 Å². The van der Waals surface area contributed by atoms with Crippen molar-refractivity contribution in [2.45, 2.75) is 61.0 Å². The van der Waals surface area contributed by atoms with Gasteiger partial charge in [0.25, 0.3) is 0 Å². The van der Waals surface area contributed by atoms with Gasteiger partial charge < -0.3 is 25.1 Å². The molecule has 0 heterocycles. The molecule has 0 spiro atoms. The molecule has 0 rings (SSSR count). The minimum Gasteiger partial charge on any atom is -0.462 e. The molecule has 0 aliphatic heterocycles. The van der Waals surface area contributed by atoms with E-state index in [9.17, 15) is 19.5 Å². The van der Waals surface area contributed by atoms with Crippen LogP contribution in [0.4, 0.5) is 0 Å². The van der Waals surface area contributed by atoms with E-state index in [0.29, 0.717) is 0 Å². The Kier molecular flexibility index (Phi) is 9.41. The molecule has 1 atom stereocenters. The average Bonchev–Trinajstić information content (AvgIpc) is 2.53. The summed E-state index contributed by atoms with van der Waals surface area (Å²) in [6, 6.07) is 0. The second-order valence-corrected chi connectivity index (χ2v) is 8.95. The van der Waals surface area contributed by atoms with E-state index in [1.165, 1.54) is 0 Å². The summed E-state index contributed by atoms with van der Waals surface area (Å²) in [4.78, 5) is 36.2. The first-order chi connectivity index (χ1) is 12.1. The zero-order valence-corrected chi connectivity index (χ0v) is 17.6. The van der Waals surface area contributed by atoms with E-state index >= 15 is 0 Å². The van der Waals surface area contributed by atoms with Gasteiger partial charge in [-0.15, -0.1) is 0 Å². The van der Waals surface area contributed by atoms with E-state index in [1.54, 1.807) is 48.5 Å². The molecule has 0 fully saturated rings. The van der Waals surface area contributed by atoms with Crippen molar-refractivity contribution in [2.75, 3.05) is 26.4 Å². The van der Waals surface area contributed by atoms with Crippen molar-refractivity contribution in [3.8, 4) is 0 Å². The van der Waals surface area contributed by atoms with Gasteiger partial charge in [0.2, 0.25) is 0 Å². The van der Waals surface area contributed by atoms with Crippen LogP contribution in [0, 0.1) is 16.2 Å². The Bertz CT molecular complexity index is 521. The normalized spacial score (nSPS) is 13.7. The molecule has 8 nitrogen and oxygen atoms in total. The Balaban J connectivity index is 4.55. The number of ether oxygens (including phenoxy) is 3. The average molecular weight is 389 g/mol. The third-order valence-corrected chi connectivity index (χ3v) is 3.83. The standard InChI is InChI=1S/C19H35NO7/c1-17(2,3)14(22)25-8-9-26-15(23)18(4,5)12-19(6,7)16(24)27-11-13(21)10-20/h13,21H,8-12,20H2,1-7H3. The van der Waals surface area contributed by atoms with Gasteiger partial charge in [-0.25, -0.2) is 0 Å². The number of aliphatic hydroxyl groups excluding tert-OH is 1. The largest absolute Gasteiger partial charge is 0.462 e. The Morgan fingerprint density at radius 1 is 0.815 bits per heavy atom. The molecule has 0 aromatic carbocycles. The molecule has 1 unspecified atom stereocenters. The summed E-state index contributed by atoms with van der Waals surface area (Å²) < 4.78 is 15.3. The fourth-order valence-corrected chi connectivity index (χ4v) is 2.37. The molecular formula is C19H35NO7. The Morgan fingerprint density at radius 3 is 1.63 bits per heavy atom. The van der Waals surface area contributed by atoms with Crippen LogP contribution >= 0.6 is 0 Å². The number of hydrogen-bond donors (Lipinski definition) is 2. The third kappa shape index (κ3) is 9.19. The maximum atomic E-state index is 12.3. The van der Waals surface area contributed by atoms with E-state index in [4.69, 9.17) is 19.9 Å². The molecule has 158 valence electrons. The molecule has 0 bridgehead atoms. The monoisotopic (exact) mass is 389 g/mol. The lowest BCUT2D eigenvalue weighted by atomic mass is 9.75. The lowest BCUT2D eigenvalue weighted by molar-refractivity contribution is -0.167. The van der Waals surface area contributed by atoms with Crippen LogP contribution in [0.1, 0.15) is 54.9 Å². The van der Waals surface area contributed by atoms with Crippen molar-refractivity contribution in [1.82, 2.24) is 0 Å². The first-order valence-corrected chi connectivity index (χ1v) is 9.03. The highest BCUT2D eigenvalue weighted by atomic mass is 16.6. The first-order valence-electron chi connectivity index (χ1n) is 9.03. The number of hydrogen-bond acceptors (Lipinski definition) is 8. The molecule has 0 saturated heterocycles. The molecule has 0 aromatic rings. The molecule has 0 amide bonds. The van der Waals surface area contributed by atoms with E-state index in [1.807, 2.05) is 0 Å². The van der Waals surface area contributed by atoms with Crippen molar-refractivity contribution < 1.29 is 33.7 Å². The maximum Gasteiger partial charge on any atom is 0.311 e. The molecule has 0 radical (unpaired) electrons. The summed E-state index contributed by atoms with van der Waals surface area (Å²) in [6.45, 7) is 11.6. The Hall–Kier alpha value is -1.67. The molecule has 27 heavy (non-hydrogen) atoms. The highest BCUT2D eigenvalue weighted by molar-refractivity contribution is 5.80. The number of nitrogens with two attached hydrogens (primary N) is 1. The second kappa shape index (κ2) is 10.0. The summed E-state index contributed by atoms with van der Waals surface area (Å²) in [5, 5.41) is 9.39. The van der Waals surface area contributed by atoms with E-state index in [0.717, 1.165) is 0 Å². The van der Waals surface area contributed by atoms with Gasteiger partial charge in [-0.1, -0.05) is 0 Å². The Morgan fingerprint density at radius 2 is 1.22 bits per heavy atom. The minimum atomic E-state index is -0.963. The van der Waals surface area contributed by atoms with Crippen molar-refractivity contribution in [3.05, 3.63) is 0 Å². The van der Waals surface area contributed by atoms with Gasteiger partial charge >= 0.3 is 17.9 Å². The summed E-state index contributed by atoms with van der Waals surface area (Å²) >= 11 is 0. The predicted octanol–water partition coefficient (Wildman–Crippen LogP) is 1.42. The van der Waals surface area contributed by atoms with Crippen LogP contribution in [0.5, 0.6) is 0 Å². The van der Waals surface area contributed by atoms with Gasteiger partial charge in [0.05, 0.1) is 16.2 Å². The predicted molar refractivity (Wildman–Crippen MR) is 99.6 cm³/mol. The van der Waals surface area contributed by atoms with Gasteiger partial charge in [0.15, 0.2) is 0 Å². The lowest BCUT2D eigenvalue weighted by Gasteiger charge is -2.31. The van der Waals surface area contributed by atoms with Crippen LogP contribution < -0.4 is 5.73 Å². The molecule has 0 saturated carbocycles. The van der Waals surface area contributed by atoms with Crippen LogP contribution in [0.15, 0.2) is 0 Å². The fraction of sp³-hybridized carbons (Fsp3) is 0.842. The second-order valence-electron chi connectivity index (χ2n) is 8.95. The van der Waals surface area contributed by atoms with Gasteiger partial charge in [-0.3, -0.25) is 14.4 Å². The molecule has 0 aliphatic carbocycles. The highest BCUT2D eigenvalue weighted by Crippen LogP contribution is 2.35. The van der Waals surface area contributed by atoms with Crippen LogP contribution in [0.25, 0.3) is 0 Å². The number of aliphatic hydroxyl groups is 1. The van der Waals surface area contributed by atoms with Crippen molar-refractivity contribution in [2.24, 2.45) is 22.0 Å². The molecule has 8 heteroatoms. The molecule has 0 aliphatic rings. The number of esters is 3. The highest BCUT2D eigenvalue weighted by Gasteiger charge is 2.41. The zero-order chi connectivity index (χ0) is 21.5. The van der Waals surface area contributed by atoms with E-state index < -0.39 is 34.3 Å². The van der Waals surface area contributed by atoms with Crippen LogP contribution in [-0.4, -0.2) is 55.5 Å². The number of carbonyl (C=O) groups is 3. The third-order valence-electron chi connectivity index (χ3n) is 3.83. The van der Waals surface area contributed by atoms with Gasteiger partial charge in [0.1, 0.15) is 25.9 Å². The molecule has 0 aromatic heterocycles. The van der Waals surface area contributed by atoms with Gasteiger partial charge in [0, 0.05) is 6.54 Å². The van der Waals surface area contributed by atoms with Crippen LogP contribution in [0.3, 0.4) is 0 Å². The van der Waals surface area contributed by atoms with Crippen LogP contribution in [0.2, 0.25) is 0 Å². The lowest BCUT2D eigenvalue weighted by Crippen LogP contribution is -2.38. The van der Waals surface area contributed by atoms with E-state index in [-0.39, 0.29) is 38.8 Å². The van der Waals surface area contributed by atoms with Crippen LogP contribution in [-0.2, 0) is 28.6 Å².